The number of hydrogen-bond acceptors (Lipinski definition) is 4. The lowest BCUT2D eigenvalue weighted by atomic mass is 10.0. The number of amides is 2. The lowest BCUT2D eigenvalue weighted by Gasteiger charge is -2.17. The molecule has 6 heteroatoms. The number of para-hydroxylation sites is 1. The quantitative estimate of drug-likeness (QED) is 0.838. The molecule has 0 aromatic heterocycles. The summed E-state index contributed by atoms with van der Waals surface area (Å²) in [4.78, 5) is 24.0. The zero-order chi connectivity index (χ0) is 17.5. The van der Waals surface area contributed by atoms with Crippen LogP contribution in [0, 0.1) is 11.3 Å². The number of nitrogens with two attached hydrogens (primary N) is 1. The van der Waals surface area contributed by atoms with Crippen LogP contribution in [0.25, 0.3) is 0 Å². The first kappa shape index (κ1) is 17.0. The summed E-state index contributed by atoms with van der Waals surface area (Å²) in [5.41, 5.74) is 6.98. The number of methoxy groups -OCH3 is 1. The third kappa shape index (κ3) is 4.11. The van der Waals surface area contributed by atoms with Crippen molar-refractivity contribution < 1.29 is 14.3 Å². The second-order valence-corrected chi connectivity index (χ2v) is 5.13. The Bertz CT molecular complexity index is 779. The van der Waals surface area contributed by atoms with Gasteiger partial charge in [-0.2, -0.15) is 5.26 Å². The van der Waals surface area contributed by atoms with Crippen LogP contribution in [-0.2, 0) is 11.2 Å². The van der Waals surface area contributed by atoms with E-state index < -0.39 is 17.9 Å². The fourth-order valence-electron chi connectivity index (χ4n) is 2.25. The average Bonchev–Trinajstić information content (AvgIpc) is 2.61. The summed E-state index contributed by atoms with van der Waals surface area (Å²) in [7, 11) is 1.54. The second kappa shape index (κ2) is 7.79. The number of benzene rings is 2. The summed E-state index contributed by atoms with van der Waals surface area (Å²) in [5, 5.41) is 11.4. The Balaban J connectivity index is 2.14. The largest absolute Gasteiger partial charge is 0.496 e. The van der Waals surface area contributed by atoms with Gasteiger partial charge in [-0.15, -0.1) is 0 Å². The molecule has 2 aromatic carbocycles. The monoisotopic (exact) mass is 323 g/mol. The number of ether oxygens (including phenoxy) is 1. The molecule has 0 spiro atoms. The number of nitrogens with one attached hydrogen (secondary N) is 1. The van der Waals surface area contributed by atoms with Crippen LogP contribution in [0.1, 0.15) is 21.5 Å². The van der Waals surface area contributed by atoms with E-state index in [-0.39, 0.29) is 6.42 Å². The van der Waals surface area contributed by atoms with Crippen LogP contribution in [0.2, 0.25) is 0 Å². The zero-order valence-electron chi connectivity index (χ0n) is 13.2. The van der Waals surface area contributed by atoms with Gasteiger partial charge in [-0.05, 0) is 35.9 Å². The molecule has 2 aromatic rings. The van der Waals surface area contributed by atoms with E-state index >= 15 is 0 Å². The van der Waals surface area contributed by atoms with Gasteiger partial charge in [-0.1, -0.05) is 18.2 Å². The first-order chi connectivity index (χ1) is 11.5. The number of carbonyl (C=O) groups is 2. The highest BCUT2D eigenvalue weighted by Gasteiger charge is 2.21. The summed E-state index contributed by atoms with van der Waals surface area (Å²) in [6.45, 7) is 0. The first-order valence-corrected chi connectivity index (χ1v) is 7.27. The molecule has 0 aliphatic rings. The fourth-order valence-corrected chi connectivity index (χ4v) is 2.25. The minimum atomic E-state index is -0.871. The van der Waals surface area contributed by atoms with Crippen LogP contribution in [0.15, 0.2) is 48.5 Å². The van der Waals surface area contributed by atoms with E-state index in [1.54, 1.807) is 6.07 Å². The van der Waals surface area contributed by atoms with Gasteiger partial charge in [0.25, 0.3) is 5.91 Å². The lowest BCUT2D eigenvalue weighted by Crippen LogP contribution is -2.45. The highest BCUT2D eigenvalue weighted by atomic mass is 16.5. The van der Waals surface area contributed by atoms with Gasteiger partial charge in [-0.25, -0.2) is 0 Å². The van der Waals surface area contributed by atoms with E-state index in [9.17, 15) is 9.59 Å². The molecule has 3 N–H and O–H groups in total. The predicted molar refractivity (Wildman–Crippen MR) is 88.3 cm³/mol. The molecule has 2 rings (SSSR count). The van der Waals surface area contributed by atoms with Crippen molar-refractivity contribution in [3.63, 3.8) is 0 Å². The molecule has 0 unspecified atom stereocenters. The second-order valence-electron chi connectivity index (χ2n) is 5.13. The van der Waals surface area contributed by atoms with Crippen LogP contribution in [0.5, 0.6) is 5.75 Å². The van der Waals surface area contributed by atoms with E-state index in [1.165, 1.54) is 31.4 Å². The maximum Gasteiger partial charge on any atom is 0.251 e. The maximum absolute atomic E-state index is 12.3. The summed E-state index contributed by atoms with van der Waals surface area (Å²) >= 11 is 0. The van der Waals surface area contributed by atoms with Crippen molar-refractivity contribution in [2.24, 2.45) is 5.73 Å². The molecular formula is C18H17N3O3. The molecule has 0 radical (unpaired) electrons. The minimum absolute atomic E-state index is 0.224. The van der Waals surface area contributed by atoms with E-state index in [2.05, 4.69) is 5.32 Å². The Kier molecular flexibility index (Phi) is 5.53. The number of nitriles is 1. The third-order valence-corrected chi connectivity index (χ3v) is 3.54. The number of carbonyl (C=O) groups excluding carboxylic acids is 2. The van der Waals surface area contributed by atoms with Crippen molar-refractivity contribution in [1.29, 1.82) is 5.26 Å². The number of rotatable bonds is 6. The van der Waals surface area contributed by atoms with Crippen molar-refractivity contribution >= 4 is 11.8 Å². The normalized spacial score (nSPS) is 11.2. The molecule has 0 saturated carbocycles. The van der Waals surface area contributed by atoms with E-state index in [0.717, 1.165) is 5.56 Å². The third-order valence-electron chi connectivity index (χ3n) is 3.54. The Hall–Kier alpha value is -3.33. The molecule has 1 atom stereocenters. The minimum Gasteiger partial charge on any atom is -0.496 e. The van der Waals surface area contributed by atoms with Gasteiger partial charge < -0.3 is 15.8 Å². The van der Waals surface area contributed by atoms with E-state index in [0.29, 0.717) is 16.9 Å². The number of hydrogen-bond donors (Lipinski definition) is 2. The smallest absolute Gasteiger partial charge is 0.251 e. The van der Waals surface area contributed by atoms with E-state index in [4.69, 9.17) is 15.7 Å². The first-order valence-electron chi connectivity index (χ1n) is 7.27. The standard InChI is InChI=1S/C18H17N3O3/c1-24-16-5-3-2-4-14(16)10-15(17(20)22)21-18(23)13-8-6-12(11-19)7-9-13/h2-9,15H,10H2,1H3,(H2,20,22)(H,21,23)/t15-/m0/s1. The van der Waals surface area contributed by atoms with Crippen molar-refractivity contribution in [3.05, 3.63) is 65.2 Å². The summed E-state index contributed by atoms with van der Waals surface area (Å²) in [6, 6.07) is 14.4. The molecule has 0 bridgehead atoms. The highest BCUT2D eigenvalue weighted by Crippen LogP contribution is 2.19. The maximum atomic E-state index is 12.3. The fraction of sp³-hybridized carbons (Fsp3) is 0.167. The van der Waals surface area contributed by atoms with Crippen molar-refractivity contribution in [2.45, 2.75) is 12.5 Å². The van der Waals surface area contributed by atoms with Crippen molar-refractivity contribution in [1.82, 2.24) is 5.32 Å². The molecule has 24 heavy (non-hydrogen) atoms. The molecule has 0 aliphatic carbocycles. The molecule has 0 fully saturated rings. The van der Waals surface area contributed by atoms with Gasteiger partial charge in [0.05, 0.1) is 18.7 Å². The lowest BCUT2D eigenvalue weighted by molar-refractivity contribution is -0.119. The zero-order valence-corrected chi connectivity index (χ0v) is 13.2. The van der Waals surface area contributed by atoms with Crippen LogP contribution in [0.3, 0.4) is 0 Å². The SMILES string of the molecule is COc1ccccc1C[C@H](NC(=O)c1ccc(C#N)cc1)C(N)=O. The summed E-state index contributed by atoms with van der Waals surface area (Å²) < 4.78 is 5.25. The number of primary amides is 1. The van der Waals surface area contributed by atoms with Gasteiger partial charge in [0.1, 0.15) is 11.8 Å². The molecule has 0 aliphatic heterocycles. The number of nitrogens with zero attached hydrogens (tertiary/aromatic N) is 1. The van der Waals surface area contributed by atoms with Crippen LogP contribution in [0.4, 0.5) is 0 Å². The summed E-state index contributed by atoms with van der Waals surface area (Å²) in [5.74, 6) is -0.447. The molecule has 0 heterocycles. The Morgan fingerprint density at radius 3 is 2.46 bits per heavy atom. The highest BCUT2D eigenvalue weighted by molar-refractivity contribution is 5.97. The van der Waals surface area contributed by atoms with Crippen molar-refractivity contribution in [2.75, 3.05) is 7.11 Å². The van der Waals surface area contributed by atoms with E-state index in [1.807, 2.05) is 24.3 Å². The van der Waals surface area contributed by atoms with Gasteiger partial charge in [0.2, 0.25) is 5.91 Å². The van der Waals surface area contributed by atoms with Crippen LogP contribution >= 0.6 is 0 Å². The van der Waals surface area contributed by atoms with Crippen LogP contribution < -0.4 is 15.8 Å². The Labute approximate surface area is 139 Å². The van der Waals surface area contributed by atoms with Gasteiger partial charge >= 0.3 is 0 Å². The Morgan fingerprint density at radius 1 is 1.21 bits per heavy atom. The molecular weight excluding hydrogens is 306 g/mol. The molecule has 6 nitrogen and oxygen atoms in total. The van der Waals surface area contributed by atoms with Gasteiger partial charge in [0, 0.05) is 12.0 Å². The average molecular weight is 323 g/mol. The van der Waals surface area contributed by atoms with Crippen LogP contribution in [-0.4, -0.2) is 25.0 Å². The topological polar surface area (TPSA) is 105 Å². The molecule has 2 amide bonds. The van der Waals surface area contributed by atoms with Gasteiger partial charge in [-0.3, -0.25) is 9.59 Å². The molecule has 122 valence electrons. The summed E-state index contributed by atoms with van der Waals surface area (Å²) in [6.07, 6.45) is 0.224. The predicted octanol–water partition coefficient (Wildman–Crippen LogP) is 1.39. The molecule has 0 saturated heterocycles. The van der Waals surface area contributed by atoms with Crippen molar-refractivity contribution in [3.8, 4) is 11.8 Å². The van der Waals surface area contributed by atoms with Gasteiger partial charge in [0.15, 0.2) is 0 Å². The Morgan fingerprint density at radius 2 is 1.88 bits per heavy atom.